The second-order valence-electron chi connectivity index (χ2n) is 8.02. The highest BCUT2D eigenvalue weighted by Crippen LogP contribution is 2.30. The van der Waals surface area contributed by atoms with Gasteiger partial charge in [0.2, 0.25) is 5.91 Å². The van der Waals surface area contributed by atoms with Crippen molar-refractivity contribution in [2.24, 2.45) is 0 Å². The Labute approximate surface area is 218 Å². The predicted molar refractivity (Wildman–Crippen MR) is 142 cm³/mol. The van der Waals surface area contributed by atoms with Crippen LogP contribution in [-0.4, -0.2) is 26.4 Å². The number of nitrogens with zero attached hydrogens (tertiary/aromatic N) is 3. The number of para-hydroxylation sites is 1. The van der Waals surface area contributed by atoms with Gasteiger partial charge in [0.25, 0.3) is 0 Å². The molecule has 6 nitrogen and oxygen atoms in total. The first kappa shape index (κ1) is 25.1. The zero-order valence-electron chi connectivity index (χ0n) is 19.5. The lowest BCUT2D eigenvalue weighted by molar-refractivity contribution is -0.113. The van der Waals surface area contributed by atoms with Gasteiger partial charge in [-0.2, -0.15) is 0 Å². The Hall–Kier alpha value is -3.00. The van der Waals surface area contributed by atoms with E-state index in [1.807, 2.05) is 67.8 Å². The topological polar surface area (TPSA) is 69.0 Å². The molecule has 0 aliphatic heterocycles. The van der Waals surface area contributed by atoms with Crippen LogP contribution in [0.4, 0.5) is 5.69 Å². The van der Waals surface area contributed by atoms with Crippen LogP contribution in [0.5, 0.6) is 5.75 Å². The third-order valence-electron chi connectivity index (χ3n) is 5.30. The first-order chi connectivity index (χ1) is 16.8. The Morgan fingerprint density at radius 2 is 1.66 bits per heavy atom. The van der Waals surface area contributed by atoms with Crippen molar-refractivity contribution >= 4 is 46.6 Å². The van der Waals surface area contributed by atoms with E-state index in [4.69, 9.17) is 27.9 Å². The average Bonchev–Trinajstić information content (AvgIpc) is 3.23. The first-order valence-corrected chi connectivity index (χ1v) is 12.6. The maximum absolute atomic E-state index is 12.6. The van der Waals surface area contributed by atoms with Crippen molar-refractivity contribution in [2.45, 2.75) is 32.5 Å². The SMILES string of the molecule is Cc1ccc(-n2c(COc3c(C)cccc3C)nnc2SCC(=O)Nc2cccc(Cl)c2Cl)cc1. The summed E-state index contributed by atoms with van der Waals surface area (Å²) < 4.78 is 8.06. The molecule has 0 atom stereocenters. The lowest BCUT2D eigenvalue weighted by Crippen LogP contribution is -2.15. The minimum atomic E-state index is -0.231. The van der Waals surface area contributed by atoms with Crippen LogP contribution < -0.4 is 10.1 Å². The Morgan fingerprint density at radius 1 is 0.971 bits per heavy atom. The van der Waals surface area contributed by atoms with Gasteiger partial charge in [0.05, 0.1) is 21.5 Å². The van der Waals surface area contributed by atoms with Crippen LogP contribution in [0.25, 0.3) is 5.69 Å². The molecule has 0 unspecified atom stereocenters. The second-order valence-corrected chi connectivity index (χ2v) is 9.75. The summed E-state index contributed by atoms with van der Waals surface area (Å²) in [5.74, 6) is 1.35. The molecule has 35 heavy (non-hydrogen) atoms. The highest BCUT2D eigenvalue weighted by molar-refractivity contribution is 7.99. The molecule has 0 aliphatic carbocycles. The molecular formula is C26H24Cl2N4O2S. The standard InChI is InChI=1S/C26H24Cl2N4O2S/c1-16-10-12-19(13-11-16)32-22(14-34-25-17(2)6-4-7-18(25)3)30-31-26(32)35-15-23(33)29-21-9-5-8-20(27)24(21)28/h4-13H,14-15H2,1-3H3,(H,29,33). The number of aryl methyl sites for hydroxylation is 3. The van der Waals surface area contributed by atoms with Gasteiger partial charge in [-0.1, -0.05) is 76.9 Å². The number of nitrogens with one attached hydrogen (secondary N) is 1. The number of halogens is 2. The lowest BCUT2D eigenvalue weighted by atomic mass is 10.1. The molecule has 0 spiro atoms. The first-order valence-electron chi connectivity index (χ1n) is 10.9. The summed E-state index contributed by atoms with van der Waals surface area (Å²) in [6, 6.07) is 19.2. The highest BCUT2D eigenvalue weighted by Gasteiger charge is 2.18. The Morgan fingerprint density at radius 3 is 2.37 bits per heavy atom. The van der Waals surface area contributed by atoms with Crippen LogP contribution in [0, 0.1) is 20.8 Å². The number of aromatic nitrogens is 3. The van der Waals surface area contributed by atoms with E-state index >= 15 is 0 Å². The summed E-state index contributed by atoms with van der Waals surface area (Å²) in [6.45, 7) is 6.29. The molecule has 0 bridgehead atoms. The molecule has 0 saturated heterocycles. The van der Waals surface area contributed by atoms with Gasteiger partial charge in [0.1, 0.15) is 12.4 Å². The molecule has 1 aromatic heterocycles. The molecule has 4 aromatic rings. The van der Waals surface area contributed by atoms with E-state index in [1.54, 1.807) is 18.2 Å². The molecule has 1 amide bonds. The van der Waals surface area contributed by atoms with Gasteiger partial charge in [-0.15, -0.1) is 10.2 Å². The molecule has 9 heteroatoms. The summed E-state index contributed by atoms with van der Waals surface area (Å²) in [4.78, 5) is 12.6. The molecule has 1 N–H and O–H groups in total. The molecular weight excluding hydrogens is 503 g/mol. The molecule has 0 radical (unpaired) electrons. The summed E-state index contributed by atoms with van der Waals surface area (Å²) in [6.07, 6.45) is 0. The van der Waals surface area contributed by atoms with Gasteiger partial charge in [-0.25, -0.2) is 0 Å². The fourth-order valence-corrected chi connectivity index (χ4v) is 4.64. The van der Waals surface area contributed by atoms with Crippen LogP contribution >= 0.6 is 35.0 Å². The predicted octanol–water partition coefficient (Wildman–Crippen LogP) is 6.81. The van der Waals surface area contributed by atoms with E-state index in [0.29, 0.717) is 26.7 Å². The zero-order chi connectivity index (χ0) is 24.9. The highest BCUT2D eigenvalue weighted by atomic mass is 35.5. The van der Waals surface area contributed by atoms with Crippen LogP contribution in [0.3, 0.4) is 0 Å². The van der Waals surface area contributed by atoms with Crippen LogP contribution in [-0.2, 0) is 11.4 Å². The maximum atomic E-state index is 12.6. The molecule has 4 rings (SSSR count). The van der Waals surface area contributed by atoms with Gasteiger partial charge in [0.15, 0.2) is 11.0 Å². The number of benzene rings is 3. The largest absolute Gasteiger partial charge is 0.485 e. The molecule has 0 aliphatic rings. The van der Waals surface area contributed by atoms with Gasteiger partial charge in [0, 0.05) is 5.69 Å². The number of carbonyl (C=O) groups excluding carboxylic acids is 1. The number of thioether (sulfide) groups is 1. The Bertz CT molecular complexity index is 1340. The van der Waals surface area contributed by atoms with Crippen molar-refractivity contribution in [3.63, 3.8) is 0 Å². The number of hydrogen-bond acceptors (Lipinski definition) is 5. The van der Waals surface area contributed by atoms with Gasteiger partial charge < -0.3 is 10.1 Å². The van der Waals surface area contributed by atoms with Crippen molar-refractivity contribution in [1.29, 1.82) is 0 Å². The van der Waals surface area contributed by atoms with Crippen LogP contribution in [0.1, 0.15) is 22.5 Å². The van der Waals surface area contributed by atoms with Gasteiger partial charge in [-0.3, -0.25) is 9.36 Å². The Kier molecular flexibility index (Phi) is 8.00. The van der Waals surface area contributed by atoms with E-state index in [2.05, 4.69) is 15.5 Å². The average molecular weight is 527 g/mol. The molecule has 0 saturated carbocycles. The van der Waals surface area contributed by atoms with Crippen molar-refractivity contribution in [2.75, 3.05) is 11.1 Å². The van der Waals surface area contributed by atoms with E-state index < -0.39 is 0 Å². The van der Waals surface area contributed by atoms with E-state index in [9.17, 15) is 4.79 Å². The molecule has 0 fully saturated rings. The maximum Gasteiger partial charge on any atom is 0.234 e. The lowest BCUT2D eigenvalue weighted by Gasteiger charge is -2.14. The normalized spacial score (nSPS) is 10.9. The fourth-order valence-electron chi connectivity index (χ4n) is 3.52. The van der Waals surface area contributed by atoms with Gasteiger partial charge in [-0.05, 0) is 56.2 Å². The summed E-state index contributed by atoms with van der Waals surface area (Å²) >= 11 is 13.5. The quantitative estimate of drug-likeness (QED) is 0.255. The molecule has 1 heterocycles. The number of carbonyl (C=O) groups is 1. The minimum Gasteiger partial charge on any atom is -0.485 e. The number of hydrogen-bond donors (Lipinski definition) is 1. The Balaban J connectivity index is 1.55. The molecule has 3 aromatic carbocycles. The third-order valence-corrected chi connectivity index (χ3v) is 7.05. The monoisotopic (exact) mass is 526 g/mol. The van der Waals surface area contributed by atoms with E-state index in [0.717, 1.165) is 28.1 Å². The smallest absolute Gasteiger partial charge is 0.234 e. The fraction of sp³-hybridized carbons (Fsp3) is 0.192. The van der Waals surface area contributed by atoms with E-state index in [1.165, 1.54) is 11.8 Å². The van der Waals surface area contributed by atoms with Crippen LogP contribution in [0.15, 0.2) is 65.8 Å². The van der Waals surface area contributed by atoms with Crippen molar-refractivity contribution in [1.82, 2.24) is 14.8 Å². The summed E-state index contributed by atoms with van der Waals surface area (Å²) in [5.41, 5.74) is 4.60. The number of anilines is 1. The van der Waals surface area contributed by atoms with E-state index in [-0.39, 0.29) is 18.3 Å². The van der Waals surface area contributed by atoms with Crippen molar-refractivity contribution in [3.8, 4) is 11.4 Å². The zero-order valence-corrected chi connectivity index (χ0v) is 21.8. The summed E-state index contributed by atoms with van der Waals surface area (Å²) in [5, 5.41) is 12.8. The second kappa shape index (κ2) is 11.2. The van der Waals surface area contributed by atoms with Crippen molar-refractivity contribution in [3.05, 3.63) is 93.2 Å². The minimum absolute atomic E-state index is 0.116. The van der Waals surface area contributed by atoms with Crippen molar-refractivity contribution < 1.29 is 9.53 Å². The molecule has 180 valence electrons. The number of ether oxygens (including phenoxy) is 1. The van der Waals surface area contributed by atoms with Crippen LogP contribution in [0.2, 0.25) is 10.0 Å². The van der Waals surface area contributed by atoms with Gasteiger partial charge >= 0.3 is 0 Å². The summed E-state index contributed by atoms with van der Waals surface area (Å²) in [7, 11) is 0. The number of amides is 1. The number of rotatable bonds is 8. The third kappa shape index (κ3) is 5.99.